The minimum Gasteiger partial charge on any atom is -0.355 e. The highest BCUT2D eigenvalue weighted by atomic mass is 32.1. The zero-order valence-corrected chi connectivity index (χ0v) is 15.6. The highest BCUT2D eigenvalue weighted by molar-refractivity contribution is 7.10. The molecule has 0 radical (unpaired) electrons. The Hall–Kier alpha value is -2.73. The van der Waals surface area contributed by atoms with Gasteiger partial charge in [0.1, 0.15) is 16.8 Å². The van der Waals surface area contributed by atoms with Crippen LogP contribution in [0.4, 0.5) is 0 Å². The summed E-state index contributed by atoms with van der Waals surface area (Å²) in [6, 6.07) is 11.9. The average Bonchev–Trinajstić information content (AvgIpc) is 3.33. The fourth-order valence-corrected chi connectivity index (χ4v) is 4.48. The zero-order chi connectivity index (χ0) is 18.1. The van der Waals surface area contributed by atoms with Crippen LogP contribution in [-0.2, 0) is 10.2 Å². The van der Waals surface area contributed by atoms with Gasteiger partial charge in [-0.3, -0.25) is 9.78 Å². The molecule has 4 rings (SSSR count). The predicted molar refractivity (Wildman–Crippen MR) is 105 cm³/mol. The first kappa shape index (κ1) is 16.7. The summed E-state index contributed by atoms with van der Waals surface area (Å²) < 4.78 is 0. The molecule has 1 aromatic carbocycles. The van der Waals surface area contributed by atoms with Crippen molar-refractivity contribution < 1.29 is 4.79 Å². The van der Waals surface area contributed by atoms with Gasteiger partial charge in [0.05, 0.1) is 17.2 Å². The number of likely N-dealkylation sites (N-methyl/N-ethyl adjacent to an activating group) is 1. The molecule has 132 valence electrons. The Labute approximate surface area is 155 Å². The van der Waals surface area contributed by atoms with Gasteiger partial charge in [-0.15, -0.1) is 11.3 Å². The highest BCUT2D eigenvalue weighted by Gasteiger charge is 2.44. The van der Waals surface area contributed by atoms with E-state index >= 15 is 0 Å². The van der Waals surface area contributed by atoms with Crippen molar-refractivity contribution >= 4 is 39.2 Å². The molecule has 0 spiro atoms. The van der Waals surface area contributed by atoms with Crippen molar-refractivity contribution in [3.63, 3.8) is 0 Å². The number of hydrogen-bond acceptors (Lipinski definition) is 4. The molecule has 0 aliphatic heterocycles. The van der Waals surface area contributed by atoms with Gasteiger partial charge in [0.25, 0.3) is 0 Å². The van der Waals surface area contributed by atoms with Crippen LogP contribution >= 0.6 is 11.3 Å². The van der Waals surface area contributed by atoms with Gasteiger partial charge >= 0.3 is 0 Å². The third kappa shape index (κ3) is 2.41. The molecule has 0 saturated carbocycles. The number of fused-ring (bicyclic) bond motifs is 3. The van der Waals surface area contributed by atoms with Crippen molar-refractivity contribution in [3.05, 3.63) is 58.7 Å². The molecule has 0 saturated heterocycles. The molecular weight excluding hydrogens is 344 g/mol. The molecular formula is C20H20N4OS. The second-order valence-corrected chi connectivity index (χ2v) is 7.16. The summed E-state index contributed by atoms with van der Waals surface area (Å²) in [5, 5.41) is 6.01. The third-order valence-electron chi connectivity index (χ3n) is 4.83. The Morgan fingerprint density at radius 3 is 2.77 bits per heavy atom. The summed E-state index contributed by atoms with van der Waals surface area (Å²) in [4.78, 5) is 26.9. The maximum atomic E-state index is 13.2. The number of H-pyrrole nitrogens is 1. The minimum atomic E-state index is -0.829. The SMILES string of the molecule is CCNC(=O)C(CC)(c1nc2cnc3ccccc3c2[nH]1)c1cccs1. The van der Waals surface area contributed by atoms with E-state index in [2.05, 4.69) is 15.3 Å². The van der Waals surface area contributed by atoms with Crippen molar-refractivity contribution in [2.45, 2.75) is 25.7 Å². The first-order chi connectivity index (χ1) is 12.7. The van der Waals surface area contributed by atoms with Crippen LogP contribution < -0.4 is 5.32 Å². The van der Waals surface area contributed by atoms with Crippen molar-refractivity contribution in [1.82, 2.24) is 20.3 Å². The summed E-state index contributed by atoms with van der Waals surface area (Å²) in [6.07, 6.45) is 2.38. The molecule has 6 heteroatoms. The number of nitrogens with zero attached hydrogens (tertiary/aromatic N) is 2. The highest BCUT2D eigenvalue weighted by Crippen LogP contribution is 2.38. The standard InChI is InChI=1S/C20H20N4OS/c1-3-20(19(25)21-4-2,16-10-7-11-26-16)18-23-15-12-22-14-9-6-5-8-13(14)17(15)24-18/h5-12H,3-4H2,1-2H3,(H,21,25)(H,23,24). The molecule has 3 aromatic heterocycles. The normalized spacial score (nSPS) is 13.8. The number of hydrogen-bond donors (Lipinski definition) is 2. The van der Waals surface area contributed by atoms with E-state index in [1.165, 1.54) is 0 Å². The van der Waals surface area contributed by atoms with Gasteiger partial charge in [-0.2, -0.15) is 0 Å². The number of aromatic nitrogens is 3. The van der Waals surface area contributed by atoms with E-state index in [-0.39, 0.29) is 5.91 Å². The molecule has 0 aliphatic carbocycles. The largest absolute Gasteiger partial charge is 0.355 e. The smallest absolute Gasteiger partial charge is 0.239 e. The number of amides is 1. The molecule has 3 heterocycles. The number of thiophene rings is 1. The topological polar surface area (TPSA) is 70.7 Å². The number of para-hydroxylation sites is 1. The second-order valence-electron chi connectivity index (χ2n) is 6.22. The number of aromatic amines is 1. The van der Waals surface area contributed by atoms with E-state index < -0.39 is 5.41 Å². The maximum Gasteiger partial charge on any atom is 0.239 e. The Morgan fingerprint density at radius 2 is 2.04 bits per heavy atom. The lowest BCUT2D eigenvalue weighted by Crippen LogP contribution is -2.45. The molecule has 0 bridgehead atoms. The van der Waals surface area contributed by atoms with Gasteiger partial charge in [0.2, 0.25) is 5.91 Å². The van der Waals surface area contributed by atoms with Crippen LogP contribution in [0.1, 0.15) is 31.0 Å². The fraction of sp³-hybridized carbons (Fsp3) is 0.250. The van der Waals surface area contributed by atoms with Gasteiger partial charge in [-0.1, -0.05) is 31.2 Å². The van der Waals surface area contributed by atoms with Crippen LogP contribution in [0, 0.1) is 0 Å². The van der Waals surface area contributed by atoms with Crippen molar-refractivity contribution in [2.75, 3.05) is 6.54 Å². The van der Waals surface area contributed by atoms with Crippen LogP contribution in [0.5, 0.6) is 0 Å². The van der Waals surface area contributed by atoms with Crippen molar-refractivity contribution in [2.24, 2.45) is 0 Å². The van der Waals surface area contributed by atoms with E-state index in [1.54, 1.807) is 17.5 Å². The van der Waals surface area contributed by atoms with Crippen LogP contribution in [0.3, 0.4) is 0 Å². The van der Waals surface area contributed by atoms with E-state index in [0.29, 0.717) is 18.8 Å². The van der Waals surface area contributed by atoms with E-state index in [9.17, 15) is 4.79 Å². The minimum absolute atomic E-state index is 0.0266. The summed E-state index contributed by atoms with van der Waals surface area (Å²) in [6.45, 7) is 4.54. The number of carbonyl (C=O) groups is 1. The Bertz CT molecular complexity index is 1070. The quantitative estimate of drug-likeness (QED) is 0.562. The number of nitrogens with one attached hydrogen (secondary N) is 2. The molecule has 1 atom stereocenters. The van der Waals surface area contributed by atoms with Crippen LogP contribution in [0.25, 0.3) is 21.9 Å². The third-order valence-corrected chi connectivity index (χ3v) is 5.86. The van der Waals surface area contributed by atoms with Gasteiger partial charge in [0.15, 0.2) is 0 Å². The maximum absolute atomic E-state index is 13.2. The summed E-state index contributed by atoms with van der Waals surface area (Å²) in [5.41, 5.74) is 1.78. The molecule has 4 aromatic rings. The Morgan fingerprint density at radius 1 is 1.19 bits per heavy atom. The predicted octanol–water partition coefficient (Wildman–Crippen LogP) is 4.00. The molecule has 2 N–H and O–H groups in total. The summed E-state index contributed by atoms with van der Waals surface area (Å²) in [5.74, 6) is 0.642. The van der Waals surface area contributed by atoms with Gasteiger partial charge in [-0.05, 0) is 30.9 Å². The summed E-state index contributed by atoms with van der Waals surface area (Å²) >= 11 is 1.58. The molecule has 26 heavy (non-hydrogen) atoms. The van der Waals surface area contributed by atoms with E-state index in [4.69, 9.17) is 4.98 Å². The Kier molecular flexibility index (Phi) is 4.20. The lowest BCUT2D eigenvalue weighted by molar-refractivity contribution is -0.125. The zero-order valence-electron chi connectivity index (χ0n) is 14.7. The van der Waals surface area contributed by atoms with E-state index in [1.807, 2.05) is 55.6 Å². The lowest BCUT2D eigenvalue weighted by atomic mass is 9.81. The number of pyridine rings is 1. The average molecular weight is 364 g/mol. The second kappa shape index (κ2) is 6.53. The molecule has 1 amide bonds. The van der Waals surface area contributed by atoms with Crippen LogP contribution in [0.15, 0.2) is 48.0 Å². The number of imidazole rings is 1. The van der Waals surface area contributed by atoms with Gasteiger partial charge in [0, 0.05) is 16.8 Å². The molecule has 5 nitrogen and oxygen atoms in total. The lowest BCUT2D eigenvalue weighted by Gasteiger charge is -2.28. The van der Waals surface area contributed by atoms with Crippen LogP contribution in [0.2, 0.25) is 0 Å². The monoisotopic (exact) mass is 364 g/mol. The van der Waals surface area contributed by atoms with E-state index in [0.717, 1.165) is 26.8 Å². The first-order valence-electron chi connectivity index (χ1n) is 8.77. The van der Waals surface area contributed by atoms with Gasteiger partial charge in [-0.25, -0.2) is 4.98 Å². The number of benzene rings is 1. The summed E-state index contributed by atoms with van der Waals surface area (Å²) in [7, 11) is 0. The Balaban J connectivity index is 1.99. The number of rotatable bonds is 5. The van der Waals surface area contributed by atoms with Crippen molar-refractivity contribution in [3.8, 4) is 0 Å². The molecule has 0 aliphatic rings. The fourth-order valence-electron chi connectivity index (χ4n) is 3.49. The van der Waals surface area contributed by atoms with Crippen molar-refractivity contribution in [1.29, 1.82) is 0 Å². The molecule has 0 fully saturated rings. The first-order valence-corrected chi connectivity index (χ1v) is 9.65. The van der Waals surface area contributed by atoms with Gasteiger partial charge < -0.3 is 10.3 Å². The number of carbonyl (C=O) groups excluding carboxylic acids is 1. The van der Waals surface area contributed by atoms with Crippen LogP contribution in [-0.4, -0.2) is 27.4 Å². The molecule has 1 unspecified atom stereocenters.